The Balaban J connectivity index is 1.91. The van der Waals surface area contributed by atoms with E-state index in [0.717, 1.165) is 37.1 Å². The van der Waals surface area contributed by atoms with Crippen LogP contribution in [0.4, 0.5) is 0 Å². The zero-order valence-electron chi connectivity index (χ0n) is 10.5. The highest BCUT2D eigenvalue weighted by molar-refractivity contribution is 5.98. The van der Waals surface area contributed by atoms with Gasteiger partial charge in [0.1, 0.15) is 5.69 Å². The predicted molar refractivity (Wildman–Crippen MR) is 71.8 cm³/mol. The zero-order chi connectivity index (χ0) is 12.5. The van der Waals surface area contributed by atoms with Crippen LogP contribution in [0.15, 0.2) is 24.3 Å². The monoisotopic (exact) mass is 243 g/mol. The van der Waals surface area contributed by atoms with Gasteiger partial charge in [0.15, 0.2) is 0 Å². The van der Waals surface area contributed by atoms with Crippen molar-refractivity contribution < 1.29 is 4.79 Å². The summed E-state index contributed by atoms with van der Waals surface area (Å²) in [5.41, 5.74) is 2.93. The molecule has 2 N–H and O–H groups in total. The standard InChI is InChI=1S/C14H17N3O/c1-10-2-3-11-9-13(16-12(11)8-10)14(18)17-6-4-15-5-7-17/h2-3,8-9,15-16H,4-7H2,1H3. The summed E-state index contributed by atoms with van der Waals surface area (Å²) >= 11 is 0. The van der Waals surface area contributed by atoms with Gasteiger partial charge >= 0.3 is 0 Å². The fraction of sp³-hybridized carbons (Fsp3) is 0.357. The molecule has 0 aliphatic carbocycles. The normalized spacial score (nSPS) is 16.2. The number of H-pyrrole nitrogens is 1. The van der Waals surface area contributed by atoms with Crippen LogP contribution < -0.4 is 5.32 Å². The quantitative estimate of drug-likeness (QED) is 0.798. The van der Waals surface area contributed by atoms with Gasteiger partial charge in [-0.25, -0.2) is 0 Å². The van der Waals surface area contributed by atoms with Crippen LogP contribution >= 0.6 is 0 Å². The van der Waals surface area contributed by atoms with E-state index in [-0.39, 0.29) is 5.91 Å². The van der Waals surface area contributed by atoms with E-state index >= 15 is 0 Å². The number of aryl methyl sites for hydroxylation is 1. The van der Waals surface area contributed by atoms with Crippen LogP contribution in [0.2, 0.25) is 0 Å². The Hall–Kier alpha value is -1.81. The minimum atomic E-state index is 0.102. The summed E-state index contributed by atoms with van der Waals surface area (Å²) < 4.78 is 0. The molecule has 0 radical (unpaired) electrons. The number of aromatic amines is 1. The van der Waals surface area contributed by atoms with Crippen LogP contribution in [0, 0.1) is 6.92 Å². The molecule has 2 aromatic rings. The number of hydrogen-bond acceptors (Lipinski definition) is 2. The molecule has 1 aliphatic heterocycles. The van der Waals surface area contributed by atoms with Crippen molar-refractivity contribution in [1.29, 1.82) is 0 Å². The molecule has 0 unspecified atom stereocenters. The van der Waals surface area contributed by atoms with Gasteiger partial charge in [0.25, 0.3) is 5.91 Å². The summed E-state index contributed by atoms with van der Waals surface area (Å²) in [7, 11) is 0. The van der Waals surface area contributed by atoms with Crippen molar-refractivity contribution in [2.24, 2.45) is 0 Å². The molecule has 1 fully saturated rings. The van der Waals surface area contributed by atoms with Gasteiger partial charge in [-0.2, -0.15) is 0 Å². The smallest absolute Gasteiger partial charge is 0.270 e. The molecular formula is C14H17N3O. The van der Waals surface area contributed by atoms with E-state index in [4.69, 9.17) is 0 Å². The van der Waals surface area contributed by atoms with Crippen LogP contribution in [0.1, 0.15) is 16.1 Å². The fourth-order valence-corrected chi connectivity index (χ4v) is 2.39. The van der Waals surface area contributed by atoms with Gasteiger partial charge in [-0.3, -0.25) is 4.79 Å². The lowest BCUT2D eigenvalue weighted by atomic mass is 10.2. The Morgan fingerprint density at radius 1 is 1.22 bits per heavy atom. The number of piperazine rings is 1. The summed E-state index contributed by atoms with van der Waals surface area (Å²) in [6.07, 6.45) is 0. The van der Waals surface area contributed by atoms with E-state index in [2.05, 4.69) is 35.4 Å². The molecule has 0 saturated carbocycles. The number of amides is 1. The summed E-state index contributed by atoms with van der Waals surface area (Å²) in [5, 5.41) is 4.35. The van der Waals surface area contributed by atoms with Crippen molar-refractivity contribution >= 4 is 16.8 Å². The lowest BCUT2D eigenvalue weighted by Gasteiger charge is -2.26. The van der Waals surface area contributed by atoms with Crippen molar-refractivity contribution in [2.45, 2.75) is 6.92 Å². The molecule has 18 heavy (non-hydrogen) atoms. The number of nitrogens with one attached hydrogen (secondary N) is 2. The van der Waals surface area contributed by atoms with Gasteiger partial charge in [-0.15, -0.1) is 0 Å². The number of aromatic nitrogens is 1. The average Bonchev–Trinajstić information content (AvgIpc) is 2.81. The Labute approximate surface area is 106 Å². The third-order valence-electron chi connectivity index (χ3n) is 3.41. The summed E-state index contributed by atoms with van der Waals surface area (Å²) in [6.45, 7) is 5.38. The average molecular weight is 243 g/mol. The molecule has 4 heteroatoms. The number of rotatable bonds is 1. The van der Waals surface area contributed by atoms with Crippen molar-refractivity contribution in [1.82, 2.24) is 15.2 Å². The largest absolute Gasteiger partial charge is 0.351 e. The summed E-state index contributed by atoms with van der Waals surface area (Å²) in [5.74, 6) is 0.102. The van der Waals surface area contributed by atoms with Crippen molar-refractivity contribution in [3.8, 4) is 0 Å². The minimum absolute atomic E-state index is 0.102. The topological polar surface area (TPSA) is 48.1 Å². The van der Waals surface area contributed by atoms with E-state index in [1.807, 2.05) is 11.0 Å². The van der Waals surface area contributed by atoms with Crippen molar-refractivity contribution in [3.05, 3.63) is 35.5 Å². The summed E-state index contributed by atoms with van der Waals surface area (Å²) in [4.78, 5) is 17.4. The lowest BCUT2D eigenvalue weighted by molar-refractivity contribution is 0.0731. The number of hydrogen-bond donors (Lipinski definition) is 2. The molecule has 3 rings (SSSR count). The van der Waals surface area contributed by atoms with Crippen LogP contribution in [-0.2, 0) is 0 Å². The molecule has 2 heterocycles. The predicted octanol–water partition coefficient (Wildman–Crippen LogP) is 1.52. The lowest BCUT2D eigenvalue weighted by Crippen LogP contribution is -2.46. The molecule has 1 saturated heterocycles. The van der Waals surface area contributed by atoms with E-state index in [1.54, 1.807) is 0 Å². The van der Waals surface area contributed by atoms with Gasteiger partial charge in [0.2, 0.25) is 0 Å². The number of benzene rings is 1. The first kappa shape index (κ1) is 11.3. The number of carbonyl (C=O) groups excluding carboxylic acids is 1. The second-order valence-corrected chi connectivity index (χ2v) is 4.82. The van der Waals surface area contributed by atoms with Crippen LogP contribution in [0.5, 0.6) is 0 Å². The molecule has 0 spiro atoms. The van der Waals surface area contributed by atoms with Gasteiger partial charge < -0.3 is 15.2 Å². The first-order chi connectivity index (χ1) is 8.74. The SMILES string of the molecule is Cc1ccc2cc(C(=O)N3CCNCC3)[nH]c2c1. The second kappa shape index (κ2) is 4.46. The molecule has 4 nitrogen and oxygen atoms in total. The molecule has 1 amide bonds. The minimum Gasteiger partial charge on any atom is -0.351 e. The van der Waals surface area contributed by atoms with E-state index < -0.39 is 0 Å². The highest BCUT2D eigenvalue weighted by Crippen LogP contribution is 2.18. The number of fused-ring (bicyclic) bond motifs is 1. The maximum absolute atomic E-state index is 12.3. The number of carbonyl (C=O) groups is 1. The second-order valence-electron chi connectivity index (χ2n) is 4.82. The molecule has 94 valence electrons. The third kappa shape index (κ3) is 1.99. The third-order valence-corrected chi connectivity index (χ3v) is 3.41. The Morgan fingerprint density at radius 2 is 2.00 bits per heavy atom. The number of nitrogens with zero attached hydrogens (tertiary/aromatic N) is 1. The van der Waals surface area contributed by atoms with Crippen molar-refractivity contribution in [3.63, 3.8) is 0 Å². The Kier molecular flexibility index (Phi) is 2.80. The molecule has 1 aromatic carbocycles. The first-order valence-electron chi connectivity index (χ1n) is 6.33. The van der Waals surface area contributed by atoms with Crippen LogP contribution in [-0.4, -0.2) is 42.0 Å². The highest BCUT2D eigenvalue weighted by Gasteiger charge is 2.19. The molecule has 0 atom stereocenters. The Morgan fingerprint density at radius 3 is 2.78 bits per heavy atom. The van der Waals surface area contributed by atoms with Gasteiger partial charge in [0.05, 0.1) is 0 Å². The van der Waals surface area contributed by atoms with Crippen LogP contribution in [0.3, 0.4) is 0 Å². The highest BCUT2D eigenvalue weighted by atomic mass is 16.2. The zero-order valence-corrected chi connectivity index (χ0v) is 10.5. The molecule has 1 aromatic heterocycles. The van der Waals surface area contributed by atoms with Gasteiger partial charge in [0, 0.05) is 37.1 Å². The van der Waals surface area contributed by atoms with E-state index in [9.17, 15) is 4.79 Å². The van der Waals surface area contributed by atoms with E-state index in [0.29, 0.717) is 5.69 Å². The van der Waals surface area contributed by atoms with Gasteiger partial charge in [-0.05, 0) is 24.6 Å². The first-order valence-corrected chi connectivity index (χ1v) is 6.33. The maximum Gasteiger partial charge on any atom is 0.270 e. The van der Waals surface area contributed by atoms with Gasteiger partial charge in [-0.1, -0.05) is 12.1 Å². The molecule has 0 bridgehead atoms. The molecular weight excluding hydrogens is 226 g/mol. The van der Waals surface area contributed by atoms with E-state index in [1.165, 1.54) is 5.56 Å². The molecule has 1 aliphatic rings. The summed E-state index contributed by atoms with van der Waals surface area (Å²) in [6, 6.07) is 8.13. The van der Waals surface area contributed by atoms with Crippen LogP contribution in [0.25, 0.3) is 10.9 Å². The maximum atomic E-state index is 12.3. The fourth-order valence-electron chi connectivity index (χ4n) is 2.39. The Bertz CT molecular complexity index is 582. The van der Waals surface area contributed by atoms with Crippen molar-refractivity contribution in [2.75, 3.05) is 26.2 Å².